The molecule has 0 unspecified atom stereocenters. The SMILES string of the molecule is CC.O=Cc1ccc2c(C(F)(F)F)c(OC3CCC(F)(F)CC3)ccc2c1. The Morgan fingerprint density at radius 1 is 1.07 bits per heavy atom. The summed E-state index contributed by atoms with van der Waals surface area (Å²) in [6.45, 7) is 4.00. The number of benzene rings is 2. The van der Waals surface area contributed by atoms with Gasteiger partial charge in [0.15, 0.2) is 0 Å². The molecule has 0 spiro atoms. The molecular weight excluding hydrogens is 367 g/mol. The van der Waals surface area contributed by atoms with Gasteiger partial charge in [-0.1, -0.05) is 32.0 Å². The van der Waals surface area contributed by atoms with Crippen molar-refractivity contribution in [2.75, 3.05) is 0 Å². The van der Waals surface area contributed by atoms with Crippen molar-refractivity contribution in [2.24, 2.45) is 0 Å². The molecule has 2 aromatic rings. The maximum absolute atomic E-state index is 13.6. The maximum atomic E-state index is 13.6. The van der Waals surface area contributed by atoms with Crippen LogP contribution in [0.1, 0.15) is 55.5 Å². The van der Waals surface area contributed by atoms with Crippen molar-refractivity contribution >= 4 is 17.1 Å². The number of alkyl halides is 5. The second-order valence-corrected chi connectivity index (χ2v) is 6.21. The minimum absolute atomic E-state index is 0.00636. The van der Waals surface area contributed by atoms with Gasteiger partial charge in [0.05, 0.1) is 6.10 Å². The topological polar surface area (TPSA) is 26.3 Å². The number of hydrogen-bond donors (Lipinski definition) is 0. The number of ether oxygens (including phenoxy) is 1. The molecule has 1 saturated carbocycles. The lowest BCUT2D eigenvalue weighted by Crippen LogP contribution is -2.31. The van der Waals surface area contributed by atoms with E-state index in [1.54, 1.807) is 0 Å². The molecule has 7 heteroatoms. The third kappa shape index (κ3) is 4.96. The molecule has 0 bridgehead atoms. The van der Waals surface area contributed by atoms with E-state index < -0.39 is 36.6 Å². The van der Waals surface area contributed by atoms with Gasteiger partial charge in [0.1, 0.15) is 17.6 Å². The molecule has 0 N–H and O–H groups in total. The number of aldehydes is 1. The van der Waals surface area contributed by atoms with Crippen molar-refractivity contribution in [3.8, 4) is 5.75 Å². The Hall–Kier alpha value is -2.18. The van der Waals surface area contributed by atoms with Crippen molar-refractivity contribution < 1.29 is 31.5 Å². The maximum Gasteiger partial charge on any atom is 0.420 e. The molecule has 0 aromatic heterocycles. The molecule has 3 rings (SSSR count). The molecule has 2 aromatic carbocycles. The Bertz CT molecular complexity index is 789. The van der Waals surface area contributed by atoms with Crippen LogP contribution in [0.25, 0.3) is 10.8 Å². The van der Waals surface area contributed by atoms with Gasteiger partial charge in [-0.2, -0.15) is 13.2 Å². The summed E-state index contributed by atoms with van der Waals surface area (Å²) >= 11 is 0. The van der Waals surface area contributed by atoms with Gasteiger partial charge in [-0.15, -0.1) is 0 Å². The van der Waals surface area contributed by atoms with Gasteiger partial charge < -0.3 is 4.74 Å². The Morgan fingerprint density at radius 3 is 2.26 bits per heavy atom. The Kier molecular flexibility index (Phi) is 6.44. The molecule has 27 heavy (non-hydrogen) atoms. The van der Waals surface area contributed by atoms with Crippen LogP contribution in [0.4, 0.5) is 22.0 Å². The van der Waals surface area contributed by atoms with E-state index in [-0.39, 0.29) is 34.9 Å². The molecule has 1 fully saturated rings. The average Bonchev–Trinajstić information content (AvgIpc) is 2.63. The van der Waals surface area contributed by atoms with E-state index in [1.807, 2.05) is 13.8 Å². The highest BCUT2D eigenvalue weighted by atomic mass is 19.4. The van der Waals surface area contributed by atoms with Gasteiger partial charge >= 0.3 is 6.18 Å². The minimum Gasteiger partial charge on any atom is -0.490 e. The van der Waals surface area contributed by atoms with Crippen LogP contribution in [0, 0.1) is 0 Å². The quantitative estimate of drug-likeness (QED) is 0.434. The van der Waals surface area contributed by atoms with Gasteiger partial charge in [0.25, 0.3) is 0 Å². The van der Waals surface area contributed by atoms with Crippen LogP contribution in [0.2, 0.25) is 0 Å². The minimum atomic E-state index is -4.67. The van der Waals surface area contributed by atoms with Crippen molar-refractivity contribution in [2.45, 2.75) is 57.7 Å². The summed E-state index contributed by atoms with van der Waals surface area (Å²) in [7, 11) is 0. The van der Waals surface area contributed by atoms with Crippen LogP contribution >= 0.6 is 0 Å². The molecule has 1 aliphatic carbocycles. The van der Waals surface area contributed by atoms with Crippen molar-refractivity contribution in [1.29, 1.82) is 0 Å². The third-order valence-electron chi connectivity index (χ3n) is 4.38. The van der Waals surface area contributed by atoms with Crippen molar-refractivity contribution in [3.63, 3.8) is 0 Å². The Labute approximate surface area is 154 Å². The summed E-state index contributed by atoms with van der Waals surface area (Å²) in [5.41, 5.74) is -0.677. The van der Waals surface area contributed by atoms with Crippen molar-refractivity contribution in [3.05, 3.63) is 41.5 Å². The first-order chi connectivity index (χ1) is 12.7. The van der Waals surface area contributed by atoms with E-state index in [1.165, 1.54) is 30.3 Å². The fraction of sp³-hybridized carbons (Fsp3) is 0.450. The standard InChI is InChI=1S/C18H15F5O2.C2H6/c19-17(20)7-5-13(6-8-17)25-15-4-2-12-9-11(10-24)1-3-14(12)16(15)18(21,22)23;1-2/h1-4,9-10,13H,5-8H2;1-2H3. The largest absolute Gasteiger partial charge is 0.490 e. The monoisotopic (exact) mass is 388 g/mol. The smallest absolute Gasteiger partial charge is 0.420 e. The van der Waals surface area contributed by atoms with Crippen LogP contribution in [0.5, 0.6) is 5.75 Å². The summed E-state index contributed by atoms with van der Waals surface area (Å²) < 4.78 is 72.6. The highest BCUT2D eigenvalue weighted by Crippen LogP contribution is 2.43. The Balaban J connectivity index is 0.00000126. The summed E-state index contributed by atoms with van der Waals surface area (Å²) in [6.07, 6.45) is -5.56. The number of carbonyl (C=O) groups excluding carboxylic acids is 1. The molecule has 0 heterocycles. The Morgan fingerprint density at radius 2 is 1.70 bits per heavy atom. The molecule has 0 radical (unpaired) electrons. The van der Waals surface area contributed by atoms with Gasteiger partial charge in [-0.05, 0) is 35.7 Å². The summed E-state index contributed by atoms with van der Waals surface area (Å²) in [5.74, 6) is -3.14. The molecule has 1 aliphatic rings. The van der Waals surface area contributed by atoms with Gasteiger partial charge in [0.2, 0.25) is 5.92 Å². The van der Waals surface area contributed by atoms with Gasteiger partial charge in [-0.3, -0.25) is 4.79 Å². The van der Waals surface area contributed by atoms with E-state index in [0.29, 0.717) is 6.29 Å². The first-order valence-electron chi connectivity index (χ1n) is 8.83. The molecule has 0 atom stereocenters. The molecule has 0 saturated heterocycles. The first kappa shape index (κ1) is 21.1. The van der Waals surface area contributed by atoms with Crippen LogP contribution in [-0.2, 0) is 6.18 Å². The van der Waals surface area contributed by atoms with Crippen LogP contribution in [0.15, 0.2) is 30.3 Å². The van der Waals surface area contributed by atoms with E-state index in [9.17, 15) is 26.7 Å². The fourth-order valence-corrected chi connectivity index (χ4v) is 3.10. The average molecular weight is 388 g/mol. The molecular formula is C20H21F5O2. The van der Waals surface area contributed by atoms with Crippen LogP contribution in [-0.4, -0.2) is 18.3 Å². The number of hydrogen-bond acceptors (Lipinski definition) is 2. The van der Waals surface area contributed by atoms with Gasteiger partial charge in [0, 0.05) is 18.4 Å². The number of halogens is 5. The second kappa shape index (κ2) is 8.23. The highest BCUT2D eigenvalue weighted by Gasteiger charge is 2.39. The van der Waals surface area contributed by atoms with Crippen molar-refractivity contribution in [1.82, 2.24) is 0 Å². The first-order valence-corrected chi connectivity index (χ1v) is 8.83. The zero-order valence-corrected chi connectivity index (χ0v) is 15.1. The fourth-order valence-electron chi connectivity index (χ4n) is 3.10. The zero-order chi connectivity index (χ0) is 20.2. The van der Waals surface area contributed by atoms with E-state index >= 15 is 0 Å². The lowest BCUT2D eigenvalue weighted by Gasteiger charge is -2.29. The number of carbonyl (C=O) groups is 1. The summed E-state index contributed by atoms with van der Waals surface area (Å²) in [5, 5.41) is 0.177. The predicted molar refractivity (Wildman–Crippen MR) is 93.5 cm³/mol. The molecule has 2 nitrogen and oxygen atoms in total. The lowest BCUT2D eigenvalue weighted by atomic mass is 9.94. The second-order valence-electron chi connectivity index (χ2n) is 6.21. The summed E-state index contributed by atoms with van der Waals surface area (Å²) in [4.78, 5) is 10.8. The normalized spacial score (nSPS) is 17.1. The lowest BCUT2D eigenvalue weighted by molar-refractivity contribution is -0.138. The molecule has 148 valence electrons. The number of rotatable bonds is 3. The van der Waals surface area contributed by atoms with Crippen LogP contribution < -0.4 is 4.74 Å². The van der Waals surface area contributed by atoms with E-state index in [4.69, 9.17) is 4.74 Å². The third-order valence-corrected chi connectivity index (χ3v) is 4.38. The highest BCUT2D eigenvalue weighted by molar-refractivity contribution is 5.92. The zero-order valence-electron chi connectivity index (χ0n) is 15.1. The van der Waals surface area contributed by atoms with E-state index in [0.717, 1.165) is 0 Å². The molecule has 0 aliphatic heterocycles. The van der Waals surface area contributed by atoms with Gasteiger partial charge in [-0.25, -0.2) is 8.78 Å². The molecule has 0 amide bonds. The van der Waals surface area contributed by atoms with E-state index in [2.05, 4.69) is 0 Å². The predicted octanol–water partition coefficient (Wildman–Crippen LogP) is 6.65. The number of fused-ring (bicyclic) bond motifs is 1. The van der Waals surface area contributed by atoms with Crippen LogP contribution in [0.3, 0.4) is 0 Å². The summed E-state index contributed by atoms with van der Waals surface area (Å²) in [6, 6.07) is 6.51.